The summed E-state index contributed by atoms with van der Waals surface area (Å²) in [7, 11) is 0. The Morgan fingerprint density at radius 1 is 1.61 bits per heavy atom. The van der Waals surface area contributed by atoms with Gasteiger partial charge >= 0.3 is 0 Å². The van der Waals surface area contributed by atoms with Crippen molar-refractivity contribution in [2.24, 2.45) is 5.73 Å². The molecule has 1 unspecified atom stereocenters. The third-order valence-corrected chi connectivity index (χ3v) is 3.94. The first kappa shape index (κ1) is 15.0. The van der Waals surface area contributed by atoms with Crippen molar-refractivity contribution in [1.29, 1.82) is 0 Å². The van der Waals surface area contributed by atoms with E-state index in [1.807, 2.05) is 6.92 Å². The van der Waals surface area contributed by atoms with Gasteiger partial charge in [0.1, 0.15) is 5.82 Å². The largest absolute Gasteiger partial charge is 0.391 e. The molecular weight excluding hydrogens is 319 g/mol. The second kappa shape index (κ2) is 5.75. The minimum absolute atomic E-state index is 0.0478. The molecule has 1 aromatic rings. The van der Waals surface area contributed by atoms with Crippen LogP contribution in [0.1, 0.15) is 30.6 Å². The van der Waals surface area contributed by atoms with Crippen LogP contribution in [0.5, 0.6) is 0 Å². The Labute approximate surface area is 119 Å². The molecule has 0 aliphatic rings. The highest BCUT2D eigenvalue weighted by Gasteiger charge is 2.29. The molecule has 0 aliphatic carbocycles. The monoisotopic (exact) mass is 332 g/mol. The van der Waals surface area contributed by atoms with Crippen LogP contribution >= 0.6 is 28.1 Å². The molecule has 0 aromatic heterocycles. The number of hydrogen-bond acceptors (Lipinski definition) is 2. The van der Waals surface area contributed by atoms with Gasteiger partial charge in [-0.15, -0.1) is 0 Å². The molecule has 0 aliphatic heterocycles. The molecule has 3 N–H and O–H groups in total. The Bertz CT molecular complexity index is 475. The fourth-order valence-corrected chi connectivity index (χ4v) is 2.07. The number of benzene rings is 1. The van der Waals surface area contributed by atoms with Crippen molar-refractivity contribution >= 4 is 39.0 Å². The summed E-state index contributed by atoms with van der Waals surface area (Å²) in [6, 6.07) is 4.34. The molecule has 3 nitrogen and oxygen atoms in total. The van der Waals surface area contributed by atoms with Gasteiger partial charge in [-0.1, -0.05) is 25.2 Å². The summed E-state index contributed by atoms with van der Waals surface area (Å²) in [5.74, 6) is -1.14. The SMILES string of the molecule is CCC(C)(NC(=O)c1c(F)cccc1Br)C(N)=S. The number of nitrogens with one attached hydrogen (secondary N) is 1. The van der Waals surface area contributed by atoms with Crippen LogP contribution < -0.4 is 11.1 Å². The van der Waals surface area contributed by atoms with Gasteiger partial charge in [0.05, 0.1) is 16.1 Å². The predicted octanol–water partition coefficient (Wildman–Crippen LogP) is 2.77. The van der Waals surface area contributed by atoms with Crippen molar-refractivity contribution in [1.82, 2.24) is 5.32 Å². The van der Waals surface area contributed by atoms with E-state index in [0.717, 1.165) is 0 Å². The number of halogens is 2. The topological polar surface area (TPSA) is 55.1 Å². The van der Waals surface area contributed by atoms with Crippen LogP contribution in [0.3, 0.4) is 0 Å². The Morgan fingerprint density at radius 3 is 2.67 bits per heavy atom. The lowest BCUT2D eigenvalue weighted by Crippen LogP contribution is -2.54. The third-order valence-electron chi connectivity index (χ3n) is 2.83. The van der Waals surface area contributed by atoms with E-state index in [1.165, 1.54) is 12.1 Å². The third kappa shape index (κ3) is 3.05. The smallest absolute Gasteiger partial charge is 0.256 e. The van der Waals surface area contributed by atoms with Gasteiger partial charge in [-0.25, -0.2) is 4.39 Å². The molecule has 1 aromatic carbocycles. The highest BCUT2D eigenvalue weighted by atomic mass is 79.9. The average Bonchev–Trinajstić information content (AvgIpc) is 2.28. The van der Waals surface area contributed by atoms with Gasteiger partial charge in [0.15, 0.2) is 0 Å². The number of hydrogen-bond donors (Lipinski definition) is 2. The molecule has 0 saturated heterocycles. The van der Waals surface area contributed by atoms with Crippen LogP contribution in [0.15, 0.2) is 22.7 Å². The fraction of sp³-hybridized carbons (Fsp3) is 0.333. The minimum Gasteiger partial charge on any atom is -0.391 e. The van der Waals surface area contributed by atoms with E-state index < -0.39 is 17.3 Å². The van der Waals surface area contributed by atoms with Crippen molar-refractivity contribution in [3.63, 3.8) is 0 Å². The Hall–Kier alpha value is -1.01. The highest BCUT2D eigenvalue weighted by molar-refractivity contribution is 9.10. The van der Waals surface area contributed by atoms with Crippen LogP contribution in [0.2, 0.25) is 0 Å². The summed E-state index contributed by atoms with van der Waals surface area (Å²) in [6.07, 6.45) is 0.528. The highest BCUT2D eigenvalue weighted by Crippen LogP contribution is 2.21. The predicted molar refractivity (Wildman–Crippen MR) is 77.0 cm³/mol. The van der Waals surface area contributed by atoms with Crippen LogP contribution in [0.4, 0.5) is 4.39 Å². The molecule has 0 bridgehead atoms. The van der Waals surface area contributed by atoms with Crippen LogP contribution in [0.25, 0.3) is 0 Å². The lowest BCUT2D eigenvalue weighted by atomic mass is 9.98. The second-order valence-electron chi connectivity index (χ2n) is 4.10. The first-order valence-electron chi connectivity index (χ1n) is 5.38. The van der Waals surface area contributed by atoms with Gasteiger partial charge in [-0.3, -0.25) is 4.79 Å². The van der Waals surface area contributed by atoms with E-state index in [1.54, 1.807) is 13.0 Å². The normalized spacial score (nSPS) is 13.8. The number of nitrogens with two attached hydrogens (primary N) is 1. The lowest BCUT2D eigenvalue weighted by Gasteiger charge is -2.28. The van der Waals surface area contributed by atoms with E-state index in [0.29, 0.717) is 10.9 Å². The number of carbonyl (C=O) groups excluding carboxylic acids is 1. The van der Waals surface area contributed by atoms with E-state index >= 15 is 0 Å². The summed E-state index contributed by atoms with van der Waals surface area (Å²) in [4.78, 5) is 12.2. The molecule has 1 rings (SSSR count). The first-order valence-corrected chi connectivity index (χ1v) is 6.58. The van der Waals surface area contributed by atoms with Crippen LogP contribution in [0, 0.1) is 5.82 Å². The maximum absolute atomic E-state index is 13.6. The van der Waals surface area contributed by atoms with Gasteiger partial charge in [0, 0.05) is 4.47 Å². The summed E-state index contributed by atoms with van der Waals surface area (Å²) >= 11 is 8.07. The molecule has 1 atom stereocenters. The maximum Gasteiger partial charge on any atom is 0.256 e. The summed E-state index contributed by atoms with van der Waals surface area (Å²) in [6.45, 7) is 3.55. The summed E-state index contributed by atoms with van der Waals surface area (Å²) in [5, 5.41) is 2.67. The molecular formula is C12H14BrFN2OS. The first-order chi connectivity index (χ1) is 8.31. The Kier molecular flexibility index (Phi) is 4.81. The van der Waals surface area contributed by atoms with Crippen LogP contribution in [-0.2, 0) is 0 Å². The van der Waals surface area contributed by atoms with Crippen molar-refractivity contribution in [2.45, 2.75) is 25.8 Å². The Balaban J connectivity index is 3.06. The van der Waals surface area contributed by atoms with Crippen molar-refractivity contribution in [3.05, 3.63) is 34.1 Å². The quantitative estimate of drug-likeness (QED) is 0.833. The van der Waals surface area contributed by atoms with Crippen molar-refractivity contribution in [2.75, 3.05) is 0 Å². The van der Waals surface area contributed by atoms with Crippen molar-refractivity contribution < 1.29 is 9.18 Å². The standard InChI is InChI=1S/C12H14BrFN2OS/c1-3-12(2,11(15)18)16-10(17)9-7(13)5-4-6-8(9)14/h4-6H,3H2,1-2H3,(H2,15,18)(H,16,17). The number of thiocarbonyl (C=S) groups is 1. The number of carbonyl (C=O) groups is 1. The van der Waals surface area contributed by atoms with E-state index in [4.69, 9.17) is 18.0 Å². The molecule has 98 valence electrons. The zero-order chi connectivity index (χ0) is 13.9. The molecule has 0 heterocycles. The zero-order valence-electron chi connectivity index (χ0n) is 10.1. The summed E-state index contributed by atoms with van der Waals surface area (Å²) in [5.41, 5.74) is 4.72. The molecule has 0 fully saturated rings. The maximum atomic E-state index is 13.6. The van der Waals surface area contributed by atoms with Gasteiger partial charge in [-0.2, -0.15) is 0 Å². The van der Waals surface area contributed by atoms with Crippen molar-refractivity contribution in [3.8, 4) is 0 Å². The molecule has 18 heavy (non-hydrogen) atoms. The molecule has 1 amide bonds. The fourth-order valence-electron chi connectivity index (χ4n) is 1.35. The molecule has 0 radical (unpaired) electrons. The van der Waals surface area contributed by atoms with Gasteiger partial charge in [0.2, 0.25) is 0 Å². The molecule has 0 spiro atoms. The lowest BCUT2D eigenvalue weighted by molar-refractivity contribution is 0.0921. The number of amides is 1. The minimum atomic E-state index is -0.825. The van der Waals surface area contributed by atoms with Gasteiger partial charge in [-0.05, 0) is 41.4 Å². The van der Waals surface area contributed by atoms with E-state index in [2.05, 4.69) is 21.2 Å². The molecule has 0 saturated carbocycles. The second-order valence-corrected chi connectivity index (χ2v) is 5.39. The van der Waals surface area contributed by atoms with Crippen LogP contribution in [-0.4, -0.2) is 16.4 Å². The van der Waals surface area contributed by atoms with Gasteiger partial charge in [0.25, 0.3) is 5.91 Å². The van der Waals surface area contributed by atoms with E-state index in [-0.39, 0.29) is 10.6 Å². The average molecular weight is 333 g/mol. The zero-order valence-corrected chi connectivity index (χ0v) is 12.5. The number of rotatable bonds is 4. The van der Waals surface area contributed by atoms with Gasteiger partial charge < -0.3 is 11.1 Å². The Morgan fingerprint density at radius 2 is 2.22 bits per heavy atom. The molecule has 6 heteroatoms. The van der Waals surface area contributed by atoms with E-state index in [9.17, 15) is 9.18 Å². The summed E-state index contributed by atoms with van der Waals surface area (Å²) < 4.78 is 14.0.